The van der Waals surface area contributed by atoms with Gasteiger partial charge in [0.2, 0.25) is 0 Å². The van der Waals surface area contributed by atoms with Crippen LogP contribution in [0.1, 0.15) is 6.92 Å². The third kappa shape index (κ3) is 3.35. The van der Waals surface area contributed by atoms with Gasteiger partial charge in [0, 0.05) is 22.9 Å². The van der Waals surface area contributed by atoms with Crippen molar-refractivity contribution in [2.75, 3.05) is 14.2 Å². The van der Waals surface area contributed by atoms with Gasteiger partial charge in [-0.15, -0.1) is 0 Å². The number of halogens is 1. The van der Waals surface area contributed by atoms with Crippen LogP contribution in [0.5, 0.6) is 0 Å². The average Bonchev–Trinajstić information content (AvgIpc) is 1.85. The van der Waals surface area contributed by atoms with Crippen LogP contribution in [-0.4, -0.2) is 40.5 Å². The number of hydrogen-bond donors (Lipinski definition) is 1. The highest BCUT2D eigenvalue weighted by Gasteiger charge is 2.27. The quantitative estimate of drug-likeness (QED) is 0.453. The van der Waals surface area contributed by atoms with Gasteiger partial charge in [-0.05, 0) is 14.0 Å². The van der Waals surface area contributed by atoms with Gasteiger partial charge in [0.05, 0.1) is 13.2 Å². The van der Waals surface area contributed by atoms with Gasteiger partial charge in [-0.3, -0.25) is 4.79 Å². The fourth-order valence-electron chi connectivity index (χ4n) is 0.760. The Bertz CT molecular complexity index is 130. The van der Waals surface area contributed by atoms with Crippen molar-refractivity contribution in [1.82, 2.24) is 3.11 Å². The summed E-state index contributed by atoms with van der Waals surface area (Å²) in [5.41, 5.74) is 0. The van der Waals surface area contributed by atoms with Crippen molar-refractivity contribution in [3.8, 4) is 0 Å². The topological polar surface area (TPSA) is 49.8 Å². The summed E-state index contributed by atoms with van der Waals surface area (Å²) >= 11 is 1.93. The predicted molar refractivity (Wildman–Crippen MR) is 49.3 cm³/mol. The highest BCUT2D eigenvalue weighted by atomic mass is 127. The maximum atomic E-state index is 11.0. The zero-order chi connectivity index (χ0) is 9.02. The first-order valence-electron chi connectivity index (χ1n) is 3.15. The van der Waals surface area contributed by atoms with Crippen LogP contribution in [0.25, 0.3) is 0 Å². The van der Waals surface area contributed by atoms with Gasteiger partial charge in [0.1, 0.15) is 6.04 Å². The maximum absolute atomic E-state index is 11.0. The van der Waals surface area contributed by atoms with Gasteiger partial charge in [-0.1, -0.05) is 0 Å². The molecule has 4 nitrogen and oxygen atoms in total. The molecule has 0 radical (unpaired) electrons. The van der Waals surface area contributed by atoms with E-state index in [9.17, 15) is 4.79 Å². The lowest BCUT2D eigenvalue weighted by Gasteiger charge is -2.21. The maximum Gasteiger partial charge on any atom is 0.326 e. The van der Waals surface area contributed by atoms with E-state index in [1.165, 1.54) is 7.11 Å². The molecule has 0 rings (SSSR count). The first-order chi connectivity index (χ1) is 5.00. The number of aliphatic hydroxyl groups excluding tert-OH is 1. The van der Waals surface area contributed by atoms with Crippen LogP contribution < -0.4 is 0 Å². The molecule has 66 valence electrons. The SMILES string of the molecule is COC(=O)[C@H]([C@@H](C)O)N(C)I. The normalized spacial score (nSPS) is 16.2. The number of methoxy groups -OCH3 is 1. The number of aliphatic hydroxyl groups is 1. The van der Waals surface area contributed by atoms with Crippen molar-refractivity contribution in [1.29, 1.82) is 0 Å². The van der Waals surface area contributed by atoms with Crippen molar-refractivity contribution < 1.29 is 14.6 Å². The minimum absolute atomic E-state index is 0.420. The second kappa shape index (κ2) is 4.89. The molecule has 2 atom stereocenters. The van der Waals surface area contributed by atoms with Crippen LogP contribution >= 0.6 is 22.9 Å². The molecule has 0 aliphatic heterocycles. The number of ether oxygens (including phenoxy) is 1. The zero-order valence-electron chi connectivity index (χ0n) is 6.74. The number of hydrogen-bond acceptors (Lipinski definition) is 4. The molecule has 11 heavy (non-hydrogen) atoms. The molecule has 0 aromatic carbocycles. The summed E-state index contributed by atoms with van der Waals surface area (Å²) in [5.74, 6) is -0.420. The smallest absolute Gasteiger partial charge is 0.326 e. The summed E-state index contributed by atoms with van der Waals surface area (Å²) in [6, 6.07) is -0.583. The number of likely N-dealkylation sites (N-methyl/N-ethyl adjacent to an activating group) is 1. The van der Waals surface area contributed by atoms with Crippen LogP contribution in [-0.2, 0) is 9.53 Å². The van der Waals surface area contributed by atoms with E-state index in [4.69, 9.17) is 5.11 Å². The second-order valence-corrected chi connectivity index (χ2v) is 3.76. The molecule has 0 fully saturated rings. The molecule has 0 saturated heterocycles. The molecular weight excluding hydrogens is 261 g/mol. The largest absolute Gasteiger partial charge is 0.468 e. The summed E-state index contributed by atoms with van der Waals surface area (Å²) in [6.07, 6.45) is -0.718. The molecule has 1 N–H and O–H groups in total. The third-order valence-corrected chi connectivity index (χ3v) is 1.88. The molecule has 0 aliphatic carbocycles. The van der Waals surface area contributed by atoms with Crippen molar-refractivity contribution in [3.63, 3.8) is 0 Å². The van der Waals surface area contributed by atoms with E-state index < -0.39 is 18.1 Å². The molecule has 0 unspecified atom stereocenters. The lowest BCUT2D eigenvalue weighted by molar-refractivity contribution is -0.147. The minimum Gasteiger partial charge on any atom is -0.468 e. The number of esters is 1. The van der Waals surface area contributed by atoms with Crippen LogP contribution in [0.15, 0.2) is 0 Å². The van der Waals surface area contributed by atoms with Crippen LogP contribution in [0.2, 0.25) is 0 Å². The summed E-state index contributed by atoms with van der Waals surface area (Å²) in [7, 11) is 3.01. The van der Waals surface area contributed by atoms with Crippen LogP contribution in [0, 0.1) is 0 Å². The number of carbonyl (C=O) groups is 1. The van der Waals surface area contributed by atoms with Crippen molar-refractivity contribution >= 4 is 28.8 Å². The fourth-order valence-corrected chi connectivity index (χ4v) is 1.45. The Balaban J connectivity index is 4.22. The van der Waals surface area contributed by atoms with Crippen molar-refractivity contribution in [3.05, 3.63) is 0 Å². The molecule has 0 spiro atoms. The molecule has 0 aromatic rings. The van der Waals surface area contributed by atoms with E-state index in [2.05, 4.69) is 4.74 Å². The fraction of sp³-hybridized carbons (Fsp3) is 0.833. The minimum atomic E-state index is -0.718. The van der Waals surface area contributed by atoms with Gasteiger partial charge >= 0.3 is 5.97 Å². The number of carbonyl (C=O) groups excluding carboxylic acids is 1. The van der Waals surface area contributed by atoms with Crippen LogP contribution in [0.3, 0.4) is 0 Å². The Labute approximate surface area is 80.0 Å². The predicted octanol–water partition coefficient (Wildman–Crippen LogP) is 0.191. The van der Waals surface area contributed by atoms with Crippen molar-refractivity contribution in [2.24, 2.45) is 0 Å². The van der Waals surface area contributed by atoms with Gasteiger partial charge < -0.3 is 9.84 Å². The lowest BCUT2D eigenvalue weighted by atomic mass is 10.2. The second-order valence-electron chi connectivity index (χ2n) is 2.23. The average molecular weight is 273 g/mol. The van der Waals surface area contributed by atoms with Gasteiger partial charge in [0.25, 0.3) is 0 Å². The molecular formula is C6H12INO3. The van der Waals surface area contributed by atoms with E-state index in [1.807, 2.05) is 22.9 Å². The Kier molecular flexibility index (Phi) is 4.94. The van der Waals surface area contributed by atoms with E-state index in [0.717, 1.165) is 0 Å². The summed E-state index contributed by atoms with van der Waals surface area (Å²) in [4.78, 5) is 11.0. The first-order valence-corrected chi connectivity index (χ1v) is 4.11. The number of rotatable bonds is 3. The number of nitrogens with zero attached hydrogens (tertiary/aromatic N) is 1. The molecule has 0 heterocycles. The van der Waals surface area contributed by atoms with E-state index in [1.54, 1.807) is 17.1 Å². The third-order valence-electron chi connectivity index (χ3n) is 1.28. The van der Waals surface area contributed by atoms with Crippen LogP contribution in [0.4, 0.5) is 0 Å². The highest BCUT2D eigenvalue weighted by Crippen LogP contribution is 2.08. The Morgan fingerprint density at radius 3 is 2.27 bits per heavy atom. The lowest BCUT2D eigenvalue weighted by Crippen LogP contribution is -2.41. The monoisotopic (exact) mass is 273 g/mol. The van der Waals surface area contributed by atoms with Gasteiger partial charge in [-0.25, -0.2) is 3.11 Å². The molecule has 0 aromatic heterocycles. The molecule has 0 saturated carbocycles. The van der Waals surface area contributed by atoms with E-state index in [-0.39, 0.29) is 0 Å². The molecule has 0 aliphatic rings. The zero-order valence-corrected chi connectivity index (χ0v) is 8.90. The van der Waals surface area contributed by atoms with Gasteiger partial charge in [-0.2, -0.15) is 0 Å². The van der Waals surface area contributed by atoms with Gasteiger partial charge in [0.15, 0.2) is 0 Å². The highest BCUT2D eigenvalue weighted by molar-refractivity contribution is 14.1. The first kappa shape index (κ1) is 11.1. The Hall–Kier alpha value is 0.120. The van der Waals surface area contributed by atoms with E-state index in [0.29, 0.717) is 0 Å². The standard InChI is InChI=1S/C6H12INO3/c1-4(9)5(8(2)7)6(10)11-3/h4-5,9H,1-3H3/t4-,5+/m1/s1. The molecule has 0 amide bonds. The van der Waals surface area contributed by atoms with E-state index >= 15 is 0 Å². The summed E-state index contributed by atoms with van der Waals surface area (Å²) < 4.78 is 6.08. The summed E-state index contributed by atoms with van der Waals surface area (Å²) in [6.45, 7) is 1.55. The molecule has 0 bridgehead atoms. The Morgan fingerprint density at radius 2 is 2.18 bits per heavy atom. The molecule has 5 heteroatoms. The van der Waals surface area contributed by atoms with Crippen molar-refractivity contribution in [2.45, 2.75) is 19.1 Å². The summed E-state index contributed by atoms with van der Waals surface area (Å²) in [5, 5.41) is 9.14. The Morgan fingerprint density at radius 1 is 1.73 bits per heavy atom.